The van der Waals surface area contributed by atoms with Crippen LogP contribution in [0.2, 0.25) is 0 Å². The highest BCUT2D eigenvalue weighted by Crippen LogP contribution is 2.30. The molecule has 0 aliphatic heterocycles. The van der Waals surface area contributed by atoms with Crippen molar-refractivity contribution in [3.63, 3.8) is 0 Å². The van der Waals surface area contributed by atoms with Gasteiger partial charge in [0.25, 0.3) is 0 Å². The summed E-state index contributed by atoms with van der Waals surface area (Å²) in [5.41, 5.74) is 4.78. The number of nitrogens with zero attached hydrogens (tertiary/aromatic N) is 2. The molecule has 3 rings (SSSR count). The van der Waals surface area contributed by atoms with E-state index in [0.717, 1.165) is 28.8 Å². The van der Waals surface area contributed by atoms with E-state index in [1.54, 1.807) is 0 Å². The van der Waals surface area contributed by atoms with Gasteiger partial charge in [0, 0.05) is 33.5 Å². The van der Waals surface area contributed by atoms with Gasteiger partial charge in [-0.1, -0.05) is 28.9 Å². The van der Waals surface area contributed by atoms with Gasteiger partial charge < -0.3 is 5.32 Å². The summed E-state index contributed by atoms with van der Waals surface area (Å²) >= 11 is 3.54. The van der Waals surface area contributed by atoms with Crippen LogP contribution in [0.25, 0.3) is 11.4 Å². The zero-order valence-corrected chi connectivity index (χ0v) is 14.1. The Morgan fingerprint density at radius 3 is 3.00 bits per heavy atom. The predicted octanol–water partition coefficient (Wildman–Crippen LogP) is 4.20. The minimum absolute atomic E-state index is 0.416. The lowest BCUT2D eigenvalue weighted by Gasteiger charge is -2.25. The Kier molecular flexibility index (Phi) is 4.36. The van der Waals surface area contributed by atoms with E-state index < -0.39 is 0 Å². The molecular formula is C17H20BrN3. The summed E-state index contributed by atoms with van der Waals surface area (Å²) in [6.07, 6.45) is 5.45. The lowest BCUT2D eigenvalue weighted by molar-refractivity contribution is 0.464. The molecule has 1 atom stereocenters. The molecule has 0 bridgehead atoms. The highest BCUT2D eigenvalue weighted by atomic mass is 79.9. The van der Waals surface area contributed by atoms with Crippen LogP contribution in [0.5, 0.6) is 0 Å². The molecule has 1 aromatic heterocycles. The number of benzene rings is 1. The highest BCUT2D eigenvalue weighted by molar-refractivity contribution is 9.10. The third-order valence-electron chi connectivity index (χ3n) is 4.05. The first kappa shape index (κ1) is 14.7. The first-order chi connectivity index (χ1) is 10.2. The van der Waals surface area contributed by atoms with Crippen LogP contribution in [-0.4, -0.2) is 16.5 Å². The van der Waals surface area contributed by atoms with Crippen LogP contribution in [0, 0.1) is 6.92 Å². The molecule has 21 heavy (non-hydrogen) atoms. The van der Waals surface area contributed by atoms with E-state index in [4.69, 9.17) is 4.98 Å². The molecule has 1 aliphatic carbocycles. The molecule has 0 amide bonds. The maximum atomic E-state index is 4.82. The van der Waals surface area contributed by atoms with E-state index in [2.05, 4.69) is 58.3 Å². The molecule has 3 nitrogen and oxygen atoms in total. The first-order valence-electron chi connectivity index (χ1n) is 7.54. The molecule has 1 aliphatic rings. The topological polar surface area (TPSA) is 37.8 Å². The Balaban J connectivity index is 1.97. The Labute approximate surface area is 134 Å². The zero-order chi connectivity index (χ0) is 14.8. The van der Waals surface area contributed by atoms with E-state index >= 15 is 0 Å². The summed E-state index contributed by atoms with van der Waals surface area (Å²) < 4.78 is 1.12. The van der Waals surface area contributed by atoms with E-state index in [1.165, 1.54) is 29.7 Å². The minimum atomic E-state index is 0.416. The summed E-state index contributed by atoms with van der Waals surface area (Å²) in [6.45, 7) is 5.22. The van der Waals surface area contributed by atoms with Crippen LogP contribution in [0.15, 0.2) is 28.9 Å². The Hall–Kier alpha value is -1.26. The predicted molar refractivity (Wildman–Crippen MR) is 89.3 cm³/mol. The van der Waals surface area contributed by atoms with Crippen molar-refractivity contribution in [2.24, 2.45) is 0 Å². The third kappa shape index (κ3) is 3.01. The molecule has 4 heteroatoms. The number of aryl methyl sites for hydroxylation is 2. The smallest absolute Gasteiger partial charge is 0.159 e. The fourth-order valence-corrected chi connectivity index (χ4v) is 3.17. The molecule has 110 valence electrons. The van der Waals surface area contributed by atoms with Gasteiger partial charge in [-0.25, -0.2) is 9.97 Å². The number of hydrogen-bond acceptors (Lipinski definition) is 3. The van der Waals surface area contributed by atoms with Crippen molar-refractivity contribution in [2.75, 3.05) is 6.54 Å². The highest BCUT2D eigenvalue weighted by Gasteiger charge is 2.21. The van der Waals surface area contributed by atoms with E-state index in [0.29, 0.717) is 6.04 Å². The minimum Gasteiger partial charge on any atom is -0.310 e. The number of rotatable bonds is 3. The van der Waals surface area contributed by atoms with Crippen molar-refractivity contribution in [3.8, 4) is 11.4 Å². The average Bonchev–Trinajstić information content (AvgIpc) is 2.50. The average molecular weight is 346 g/mol. The number of aromatic nitrogens is 2. The lowest BCUT2D eigenvalue weighted by Crippen LogP contribution is -2.25. The van der Waals surface area contributed by atoms with E-state index in [9.17, 15) is 0 Å². The lowest BCUT2D eigenvalue weighted by atomic mass is 9.92. The molecule has 0 radical (unpaired) electrons. The number of halogens is 1. The van der Waals surface area contributed by atoms with Crippen LogP contribution >= 0.6 is 15.9 Å². The standard InChI is InChI=1S/C17H20BrN3/c1-3-19-15-5-4-6-16-13(15)10-20-17(21-16)12-7-8-14(18)11(2)9-12/h7-10,15,19H,3-6H2,1-2H3. The van der Waals surface area contributed by atoms with Gasteiger partial charge in [-0.05, 0) is 50.4 Å². The summed E-state index contributed by atoms with van der Waals surface area (Å²) in [5, 5.41) is 3.53. The zero-order valence-electron chi connectivity index (χ0n) is 12.5. The first-order valence-corrected chi connectivity index (χ1v) is 8.34. The van der Waals surface area contributed by atoms with Crippen LogP contribution in [0.4, 0.5) is 0 Å². The summed E-state index contributed by atoms with van der Waals surface area (Å²) in [7, 11) is 0. The number of nitrogens with one attached hydrogen (secondary N) is 1. The molecule has 2 aromatic rings. The van der Waals surface area contributed by atoms with Crippen molar-refractivity contribution < 1.29 is 0 Å². The third-order valence-corrected chi connectivity index (χ3v) is 4.94. The molecule has 1 N–H and O–H groups in total. The Morgan fingerprint density at radius 2 is 2.24 bits per heavy atom. The van der Waals surface area contributed by atoms with Gasteiger partial charge in [0.1, 0.15) is 0 Å². The molecule has 0 saturated heterocycles. The van der Waals surface area contributed by atoms with Crippen molar-refractivity contribution in [1.29, 1.82) is 0 Å². The number of fused-ring (bicyclic) bond motifs is 1. The van der Waals surface area contributed by atoms with Gasteiger partial charge in [0.05, 0.1) is 0 Å². The van der Waals surface area contributed by atoms with Gasteiger partial charge in [-0.15, -0.1) is 0 Å². The van der Waals surface area contributed by atoms with Gasteiger partial charge in [-0.2, -0.15) is 0 Å². The maximum Gasteiger partial charge on any atom is 0.159 e. The van der Waals surface area contributed by atoms with Crippen molar-refractivity contribution in [3.05, 3.63) is 45.7 Å². The molecule has 0 spiro atoms. The second-order valence-corrected chi connectivity index (χ2v) is 6.42. The normalized spacial score (nSPS) is 17.6. The Bertz CT molecular complexity index is 654. The molecule has 0 saturated carbocycles. The van der Waals surface area contributed by atoms with Crippen molar-refractivity contribution in [2.45, 2.75) is 39.2 Å². The van der Waals surface area contributed by atoms with Crippen LogP contribution in [0.1, 0.15) is 42.6 Å². The van der Waals surface area contributed by atoms with Gasteiger partial charge in [-0.3, -0.25) is 0 Å². The van der Waals surface area contributed by atoms with E-state index in [-0.39, 0.29) is 0 Å². The van der Waals surface area contributed by atoms with Crippen LogP contribution < -0.4 is 5.32 Å². The van der Waals surface area contributed by atoms with Crippen LogP contribution in [-0.2, 0) is 6.42 Å². The second kappa shape index (κ2) is 6.24. The monoisotopic (exact) mass is 345 g/mol. The molecule has 0 fully saturated rings. The quantitative estimate of drug-likeness (QED) is 0.905. The summed E-state index contributed by atoms with van der Waals surface area (Å²) in [5.74, 6) is 0.835. The van der Waals surface area contributed by atoms with Crippen molar-refractivity contribution in [1.82, 2.24) is 15.3 Å². The Morgan fingerprint density at radius 1 is 1.38 bits per heavy atom. The van der Waals surface area contributed by atoms with Gasteiger partial charge >= 0.3 is 0 Å². The fourth-order valence-electron chi connectivity index (χ4n) is 2.93. The van der Waals surface area contributed by atoms with Crippen molar-refractivity contribution >= 4 is 15.9 Å². The molecule has 1 aromatic carbocycles. The number of hydrogen-bond donors (Lipinski definition) is 1. The summed E-state index contributed by atoms with van der Waals surface area (Å²) in [6, 6.07) is 6.69. The second-order valence-electron chi connectivity index (χ2n) is 5.56. The van der Waals surface area contributed by atoms with Gasteiger partial charge in [0.15, 0.2) is 5.82 Å². The van der Waals surface area contributed by atoms with E-state index in [1.807, 2.05) is 6.20 Å². The summed E-state index contributed by atoms with van der Waals surface area (Å²) in [4.78, 5) is 9.42. The molecule has 1 unspecified atom stereocenters. The fraction of sp³-hybridized carbons (Fsp3) is 0.412. The van der Waals surface area contributed by atoms with Gasteiger partial charge in [0.2, 0.25) is 0 Å². The SMILES string of the molecule is CCNC1CCCc2nc(-c3ccc(Br)c(C)c3)ncc21. The maximum absolute atomic E-state index is 4.82. The molecule has 1 heterocycles. The van der Waals surface area contributed by atoms with Crippen LogP contribution in [0.3, 0.4) is 0 Å². The largest absolute Gasteiger partial charge is 0.310 e. The molecular weight excluding hydrogens is 326 g/mol.